The summed E-state index contributed by atoms with van der Waals surface area (Å²) in [7, 11) is 1.65. The summed E-state index contributed by atoms with van der Waals surface area (Å²) in [5, 5.41) is 23.6. The van der Waals surface area contributed by atoms with E-state index in [0.717, 1.165) is 59.9 Å². The van der Waals surface area contributed by atoms with Crippen LogP contribution in [-0.4, -0.2) is 31.7 Å². The lowest BCUT2D eigenvalue weighted by molar-refractivity contribution is 0.415. The highest BCUT2D eigenvalue weighted by molar-refractivity contribution is 5.90. The largest absolute Gasteiger partial charge is 0.497 e. The van der Waals surface area contributed by atoms with Crippen LogP contribution >= 0.6 is 0 Å². The fraction of sp³-hybridized carbons (Fsp3) is 0.231. The van der Waals surface area contributed by atoms with Gasteiger partial charge in [0.25, 0.3) is 0 Å². The quantitative estimate of drug-likeness (QED) is 0.414. The Kier molecular flexibility index (Phi) is 5.73. The molecule has 4 aromatic rings. The summed E-state index contributed by atoms with van der Waals surface area (Å²) < 4.78 is 9.24. The Labute approximate surface area is 192 Å². The van der Waals surface area contributed by atoms with E-state index in [-0.39, 0.29) is 0 Å². The zero-order chi connectivity index (χ0) is 22.6. The molecule has 2 aromatic heterocycles. The van der Waals surface area contributed by atoms with Gasteiger partial charge in [0, 0.05) is 30.3 Å². The van der Waals surface area contributed by atoms with Crippen LogP contribution in [0.4, 0.5) is 0 Å². The Morgan fingerprint density at radius 2 is 1.85 bits per heavy atom. The number of methoxy groups -OCH3 is 1. The molecule has 1 aliphatic rings. The molecule has 0 saturated carbocycles. The van der Waals surface area contributed by atoms with E-state index in [1.165, 1.54) is 6.42 Å². The number of aryl methyl sites for hydroxylation is 1. The number of ether oxygens (including phenoxy) is 1. The van der Waals surface area contributed by atoms with Crippen molar-refractivity contribution in [3.05, 3.63) is 78.0 Å². The van der Waals surface area contributed by atoms with Gasteiger partial charge < -0.3 is 9.30 Å². The Morgan fingerprint density at radius 3 is 2.61 bits per heavy atom. The maximum atomic E-state index is 10.0. The fourth-order valence-electron chi connectivity index (χ4n) is 4.17. The van der Waals surface area contributed by atoms with Gasteiger partial charge in [-0.2, -0.15) is 10.4 Å². The molecule has 0 saturated heterocycles. The standard InChI is InChI=1S/C26H24N6O/c1-33-23-13-11-19(12-14-23)25-21(18-32(30-25)22-8-4-2-5-9-22)16-20(17-27)26-29-28-24-10-6-3-7-15-31(24)26/h2,4-5,8-9,11-14,16,18H,3,6-7,10,15H2,1H3/b20-16+. The van der Waals surface area contributed by atoms with Crippen LogP contribution in [0.2, 0.25) is 0 Å². The molecule has 7 heteroatoms. The molecule has 0 fully saturated rings. The maximum Gasteiger partial charge on any atom is 0.174 e. The van der Waals surface area contributed by atoms with Crippen LogP contribution in [0, 0.1) is 11.3 Å². The van der Waals surface area contributed by atoms with E-state index >= 15 is 0 Å². The van der Waals surface area contributed by atoms with Crippen LogP contribution < -0.4 is 4.74 Å². The molecule has 0 N–H and O–H groups in total. The van der Waals surface area contributed by atoms with E-state index in [0.29, 0.717) is 11.4 Å². The van der Waals surface area contributed by atoms with Crippen molar-refractivity contribution in [1.29, 1.82) is 5.26 Å². The first-order valence-corrected chi connectivity index (χ1v) is 11.1. The summed E-state index contributed by atoms with van der Waals surface area (Å²) in [5.74, 6) is 2.36. The summed E-state index contributed by atoms with van der Waals surface area (Å²) in [5.41, 5.74) is 3.99. The third-order valence-electron chi connectivity index (χ3n) is 5.90. The minimum atomic E-state index is 0.484. The third-order valence-corrected chi connectivity index (χ3v) is 5.90. The van der Waals surface area contributed by atoms with Crippen LogP contribution in [0.5, 0.6) is 5.75 Å². The molecule has 2 aromatic carbocycles. The second-order valence-electron chi connectivity index (χ2n) is 8.01. The number of rotatable bonds is 5. The molecule has 0 bridgehead atoms. The predicted molar refractivity (Wildman–Crippen MR) is 127 cm³/mol. The number of aromatic nitrogens is 5. The van der Waals surface area contributed by atoms with Gasteiger partial charge in [-0.3, -0.25) is 0 Å². The van der Waals surface area contributed by atoms with Gasteiger partial charge in [0.05, 0.1) is 24.1 Å². The Bertz CT molecular complexity index is 1330. The lowest BCUT2D eigenvalue weighted by Gasteiger charge is -2.06. The highest BCUT2D eigenvalue weighted by Gasteiger charge is 2.19. The summed E-state index contributed by atoms with van der Waals surface area (Å²) in [6.07, 6.45) is 8.06. The van der Waals surface area contributed by atoms with Crippen LogP contribution in [-0.2, 0) is 13.0 Å². The molecule has 0 amide bonds. The van der Waals surface area contributed by atoms with Gasteiger partial charge in [-0.1, -0.05) is 24.6 Å². The van der Waals surface area contributed by atoms with Crippen molar-refractivity contribution in [3.8, 4) is 28.8 Å². The van der Waals surface area contributed by atoms with Gasteiger partial charge in [-0.05, 0) is 55.3 Å². The molecule has 0 spiro atoms. The van der Waals surface area contributed by atoms with Gasteiger partial charge in [-0.15, -0.1) is 10.2 Å². The average molecular weight is 437 g/mol. The van der Waals surface area contributed by atoms with Crippen molar-refractivity contribution in [2.45, 2.75) is 32.2 Å². The molecule has 7 nitrogen and oxygen atoms in total. The molecule has 5 rings (SSSR count). The van der Waals surface area contributed by atoms with E-state index in [1.54, 1.807) is 7.11 Å². The average Bonchev–Trinajstić information content (AvgIpc) is 3.40. The van der Waals surface area contributed by atoms with Crippen molar-refractivity contribution in [2.75, 3.05) is 7.11 Å². The predicted octanol–water partition coefficient (Wildman–Crippen LogP) is 4.93. The topological polar surface area (TPSA) is 81.6 Å². The summed E-state index contributed by atoms with van der Waals surface area (Å²) in [6, 6.07) is 20.1. The second kappa shape index (κ2) is 9.13. The van der Waals surface area contributed by atoms with Gasteiger partial charge in [-0.25, -0.2) is 4.68 Å². The number of hydrogen-bond donors (Lipinski definition) is 0. The molecule has 164 valence electrons. The van der Waals surface area contributed by atoms with Crippen LogP contribution in [0.25, 0.3) is 28.6 Å². The number of nitrogens with zero attached hydrogens (tertiary/aromatic N) is 6. The summed E-state index contributed by atoms with van der Waals surface area (Å²) >= 11 is 0. The van der Waals surface area contributed by atoms with Crippen molar-refractivity contribution < 1.29 is 4.74 Å². The Hall–Kier alpha value is -4.18. The van der Waals surface area contributed by atoms with E-state index < -0.39 is 0 Å². The molecule has 0 unspecified atom stereocenters. The number of nitriles is 1. The number of hydrogen-bond acceptors (Lipinski definition) is 5. The van der Waals surface area contributed by atoms with Gasteiger partial charge in [0.1, 0.15) is 17.6 Å². The van der Waals surface area contributed by atoms with Crippen LogP contribution in [0.15, 0.2) is 60.8 Å². The molecule has 33 heavy (non-hydrogen) atoms. The smallest absolute Gasteiger partial charge is 0.174 e. The normalized spacial score (nSPS) is 13.8. The third kappa shape index (κ3) is 4.15. The first kappa shape index (κ1) is 20.7. The molecule has 0 radical (unpaired) electrons. The lowest BCUT2D eigenvalue weighted by atomic mass is 10.1. The SMILES string of the molecule is COc1ccc(-c2nn(-c3ccccc3)cc2/C=C(\C#N)c2nnc3n2CCCCC3)cc1. The highest BCUT2D eigenvalue weighted by atomic mass is 16.5. The van der Waals surface area contributed by atoms with Crippen molar-refractivity contribution in [2.24, 2.45) is 0 Å². The zero-order valence-electron chi connectivity index (χ0n) is 18.5. The summed E-state index contributed by atoms with van der Waals surface area (Å²) in [6.45, 7) is 0.839. The van der Waals surface area contributed by atoms with Gasteiger partial charge in [0.2, 0.25) is 0 Å². The molecular weight excluding hydrogens is 412 g/mol. The van der Waals surface area contributed by atoms with Crippen molar-refractivity contribution in [1.82, 2.24) is 24.5 Å². The Balaban J connectivity index is 1.63. The van der Waals surface area contributed by atoms with Gasteiger partial charge >= 0.3 is 0 Å². The van der Waals surface area contributed by atoms with E-state index in [1.807, 2.05) is 71.6 Å². The zero-order valence-corrected chi connectivity index (χ0v) is 18.5. The minimum Gasteiger partial charge on any atom is -0.497 e. The van der Waals surface area contributed by atoms with E-state index in [9.17, 15) is 5.26 Å². The first-order valence-electron chi connectivity index (χ1n) is 11.1. The molecule has 0 atom stereocenters. The molecule has 1 aliphatic heterocycles. The van der Waals surface area contributed by atoms with Crippen molar-refractivity contribution >= 4 is 11.6 Å². The Morgan fingerprint density at radius 1 is 1.03 bits per heavy atom. The monoisotopic (exact) mass is 436 g/mol. The minimum absolute atomic E-state index is 0.484. The number of allylic oxidation sites excluding steroid dienone is 1. The number of fused-ring (bicyclic) bond motifs is 1. The van der Waals surface area contributed by atoms with Crippen molar-refractivity contribution in [3.63, 3.8) is 0 Å². The van der Waals surface area contributed by atoms with E-state index in [4.69, 9.17) is 9.84 Å². The van der Waals surface area contributed by atoms with Crippen LogP contribution in [0.1, 0.15) is 36.5 Å². The van der Waals surface area contributed by atoms with E-state index in [2.05, 4.69) is 20.8 Å². The lowest BCUT2D eigenvalue weighted by Crippen LogP contribution is -2.05. The van der Waals surface area contributed by atoms with Crippen LogP contribution in [0.3, 0.4) is 0 Å². The number of benzene rings is 2. The number of para-hydroxylation sites is 1. The maximum absolute atomic E-state index is 10.0. The second-order valence-corrected chi connectivity index (χ2v) is 8.01. The molecular formula is C26H24N6O. The molecule has 0 aliphatic carbocycles. The summed E-state index contributed by atoms with van der Waals surface area (Å²) in [4.78, 5) is 0. The first-order chi connectivity index (χ1) is 16.3. The highest BCUT2D eigenvalue weighted by Crippen LogP contribution is 2.29. The molecule has 3 heterocycles. The van der Waals surface area contributed by atoms with Gasteiger partial charge in [0.15, 0.2) is 5.82 Å². The fourth-order valence-corrected chi connectivity index (χ4v) is 4.17.